The smallest absolute Gasteiger partial charge is 0.127 e. The Morgan fingerprint density at radius 2 is 1.09 bits per heavy atom. The molecule has 2 heterocycles. The summed E-state index contributed by atoms with van der Waals surface area (Å²) < 4.78 is 1.10. The Kier molecular flexibility index (Phi) is 11.4. The normalized spacial score (nSPS) is 12.9. The van der Waals surface area contributed by atoms with Gasteiger partial charge in [0, 0.05) is 37.7 Å². The third kappa shape index (κ3) is 8.87. The summed E-state index contributed by atoms with van der Waals surface area (Å²) in [6.45, 7) is 34.3. The third-order valence-corrected chi connectivity index (χ3v) is 11.5. The van der Waals surface area contributed by atoms with Crippen LogP contribution in [0.25, 0.3) is 54.3 Å². The Balaban J connectivity index is 0.00000580. The number of para-hydroxylation sites is 1. The maximum absolute atomic E-state index is 10.8. The van der Waals surface area contributed by atoms with E-state index >= 15 is 0 Å². The molecular weight excluding hydrogens is 872 g/mol. The largest absolute Gasteiger partial charge is 0.507 e. The Morgan fingerprint density at radius 3 is 1.64 bits per heavy atom. The van der Waals surface area contributed by atoms with Crippen LogP contribution in [0.15, 0.2) is 79.0 Å². The Morgan fingerprint density at radius 1 is 0.545 bits per heavy atom. The Hall–Kier alpha value is -3.59. The quantitative estimate of drug-likeness (QED) is 0.179. The number of benzene rings is 4. The predicted octanol–water partition coefficient (Wildman–Crippen LogP) is 14.4. The molecule has 0 aliphatic carbocycles. The van der Waals surface area contributed by atoms with Crippen LogP contribution in [0.3, 0.4) is 0 Å². The van der Waals surface area contributed by atoms with Crippen molar-refractivity contribution in [1.29, 1.82) is 0 Å². The van der Waals surface area contributed by atoms with Crippen molar-refractivity contribution >= 4 is 21.6 Å². The molecule has 6 rings (SSSR count). The molecule has 0 bridgehead atoms. The summed E-state index contributed by atoms with van der Waals surface area (Å²) in [7, 11) is 0. The number of hydrogen-bond donors (Lipinski definition) is 1. The summed E-state index contributed by atoms with van der Waals surface area (Å²) in [5, 5.41) is 11.7. The van der Waals surface area contributed by atoms with Gasteiger partial charge in [0.05, 0.1) is 11.1 Å². The molecule has 5 heteroatoms. The van der Waals surface area contributed by atoms with Crippen molar-refractivity contribution < 1.29 is 26.2 Å². The van der Waals surface area contributed by atoms with Crippen molar-refractivity contribution in [2.24, 2.45) is 0 Å². The van der Waals surface area contributed by atoms with Crippen LogP contribution in [0.5, 0.6) is 5.75 Å². The zero-order chi connectivity index (χ0) is 39.8. The number of rotatable bonds is 4. The fourth-order valence-corrected chi connectivity index (χ4v) is 8.04. The van der Waals surface area contributed by atoms with E-state index in [9.17, 15) is 5.11 Å². The van der Waals surface area contributed by atoms with Gasteiger partial charge in [0.25, 0.3) is 0 Å². The second-order valence-corrected chi connectivity index (χ2v) is 21.3. The summed E-state index contributed by atoms with van der Waals surface area (Å²) >= 11 is 1.63. The van der Waals surface area contributed by atoms with Crippen molar-refractivity contribution in [1.82, 2.24) is 9.97 Å². The molecule has 1 N–H and O–H groups in total. The van der Waals surface area contributed by atoms with Gasteiger partial charge in [-0.3, -0.25) is 4.98 Å². The minimum Gasteiger partial charge on any atom is -0.507 e. The summed E-state index contributed by atoms with van der Waals surface area (Å²) in [6, 6.07) is 30.1. The molecule has 0 fully saturated rings. The monoisotopic (exact) mass is 930 g/mol. The second kappa shape index (κ2) is 14.7. The summed E-state index contributed by atoms with van der Waals surface area (Å²) in [4.78, 5) is 10.4. The van der Waals surface area contributed by atoms with Crippen LogP contribution in [0.2, 0.25) is 0 Å². The van der Waals surface area contributed by atoms with Crippen LogP contribution >= 0.6 is 11.3 Å². The van der Waals surface area contributed by atoms with E-state index in [1.54, 1.807) is 17.4 Å². The van der Waals surface area contributed by atoms with E-state index in [4.69, 9.17) is 9.97 Å². The van der Waals surface area contributed by atoms with Gasteiger partial charge in [-0.1, -0.05) is 157 Å². The van der Waals surface area contributed by atoms with Crippen LogP contribution in [0.4, 0.5) is 0 Å². The molecule has 0 spiro atoms. The number of phenolic OH excluding ortho intramolecular Hbond substituents is 1. The number of nitrogens with zero attached hydrogens (tertiary/aromatic N) is 2. The SMILES string of the molecule is CC(C)(C)c1cc(-c2ccnc(-c3[c-]c(-c4cc(C(C)(C)C)cc5sc(-c6ccccc6O)nc45)c(C(C)(C)C)cc3C(C)(C)C)c2)cc(C(C)(C)C)c1.[Pt]. The van der Waals surface area contributed by atoms with Crippen molar-refractivity contribution in [2.75, 3.05) is 0 Å². The van der Waals surface area contributed by atoms with Gasteiger partial charge in [0.1, 0.15) is 10.8 Å². The molecule has 2 aromatic heterocycles. The average Bonchev–Trinajstić information content (AvgIpc) is 3.49. The molecule has 4 aromatic carbocycles. The number of aromatic nitrogens is 2. The number of phenols is 1. The maximum atomic E-state index is 10.8. The van der Waals surface area contributed by atoms with E-state index in [-0.39, 0.29) is 53.9 Å². The van der Waals surface area contributed by atoms with E-state index in [0.717, 1.165) is 48.7 Å². The van der Waals surface area contributed by atoms with Gasteiger partial charge in [-0.05, 0) is 79.2 Å². The van der Waals surface area contributed by atoms with E-state index in [2.05, 4.69) is 158 Å². The number of fused-ring (bicyclic) bond motifs is 1. The Labute approximate surface area is 349 Å². The zero-order valence-electron chi connectivity index (χ0n) is 35.6. The van der Waals surface area contributed by atoms with Gasteiger partial charge in [0.15, 0.2) is 0 Å². The molecule has 0 amide bonds. The Bertz CT molecular complexity index is 2330. The first-order valence-electron chi connectivity index (χ1n) is 19.3. The molecular formula is C50H59N2OPtS-. The van der Waals surface area contributed by atoms with E-state index in [1.165, 1.54) is 33.4 Å². The van der Waals surface area contributed by atoms with E-state index < -0.39 is 0 Å². The van der Waals surface area contributed by atoms with Gasteiger partial charge >= 0.3 is 0 Å². The molecule has 55 heavy (non-hydrogen) atoms. The van der Waals surface area contributed by atoms with Crippen molar-refractivity contribution in [2.45, 2.75) is 131 Å². The molecule has 0 aliphatic rings. The number of thiazole rings is 1. The zero-order valence-corrected chi connectivity index (χ0v) is 38.7. The first-order valence-corrected chi connectivity index (χ1v) is 20.1. The molecule has 0 aliphatic heterocycles. The van der Waals surface area contributed by atoms with Gasteiger partial charge in [-0.15, -0.1) is 40.2 Å². The average molecular weight is 931 g/mol. The van der Waals surface area contributed by atoms with Crippen LogP contribution in [0.1, 0.15) is 132 Å². The van der Waals surface area contributed by atoms with Gasteiger partial charge in [-0.25, -0.2) is 4.98 Å². The minimum atomic E-state index is -0.184. The van der Waals surface area contributed by atoms with E-state index in [0.29, 0.717) is 0 Å². The van der Waals surface area contributed by atoms with E-state index in [1.807, 2.05) is 24.4 Å². The van der Waals surface area contributed by atoms with Gasteiger partial charge in [0.2, 0.25) is 0 Å². The topological polar surface area (TPSA) is 46.0 Å². The molecule has 0 radical (unpaired) electrons. The first kappa shape index (κ1) is 42.5. The molecule has 0 saturated heterocycles. The fraction of sp³-hybridized carbons (Fsp3) is 0.400. The standard InChI is InChI=1S/C50H59N2OS.Pt/c1-46(2,3)32-22-31(23-33(25-32)47(4,5)6)30-20-21-51-41(24-30)38-28-36(39(49(10,11)12)29-40(38)50(13,14)15)37-26-34(48(7,8)9)27-43-44(37)52-45(54-43)35-18-16-17-19-42(35)53;/h16-27,29,53H,1-15H3;/q-1;. The van der Waals surface area contributed by atoms with Crippen molar-refractivity contribution in [3.05, 3.63) is 113 Å². The maximum Gasteiger partial charge on any atom is 0.127 e. The summed E-state index contributed by atoms with van der Waals surface area (Å²) in [6.07, 6.45) is 1.96. The van der Waals surface area contributed by atoms with Crippen molar-refractivity contribution in [3.8, 4) is 49.8 Å². The first-order chi connectivity index (χ1) is 24.8. The predicted molar refractivity (Wildman–Crippen MR) is 233 cm³/mol. The number of pyridine rings is 1. The second-order valence-electron chi connectivity index (χ2n) is 20.2. The van der Waals surface area contributed by atoms with Crippen molar-refractivity contribution in [3.63, 3.8) is 0 Å². The number of aromatic hydroxyl groups is 1. The fourth-order valence-electron chi connectivity index (χ4n) is 6.98. The molecule has 0 saturated carbocycles. The summed E-state index contributed by atoms with van der Waals surface area (Å²) in [5.74, 6) is 0.238. The van der Waals surface area contributed by atoms with Crippen LogP contribution in [0, 0.1) is 6.07 Å². The number of hydrogen-bond acceptors (Lipinski definition) is 4. The van der Waals surface area contributed by atoms with Gasteiger partial charge in [-0.2, -0.15) is 0 Å². The molecule has 0 unspecified atom stereocenters. The van der Waals surface area contributed by atoms with Crippen LogP contribution in [-0.2, 0) is 48.1 Å². The van der Waals surface area contributed by atoms with Crippen LogP contribution < -0.4 is 0 Å². The summed E-state index contributed by atoms with van der Waals surface area (Å²) in [5.41, 5.74) is 14.0. The molecule has 0 atom stereocenters. The molecule has 6 aromatic rings. The minimum absolute atomic E-state index is 0. The molecule has 3 nitrogen and oxygen atoms in total. The van der Waals surface area contributed by atoms with Gasteiger partial charge < -0.3 is 5.11 Å². The third-order valence-electron chi connectivity index (χ3n) is 10.5. The molecule has 292 valence electrons. The van der Waals surface area contributed by atoms with Crippen LogP contribution in [-0.4, -0.2) is 15.1 Å².